The van der Waals surface area contributed by atoms with Crippen molar-refractivity contribution in [2.75, 3.05) is 6.61 Å². The average Bonchev–Trinajstić information content (AvgIpc) is 3.62. The van der Waals surface area contributed by atoms with E-state index in [0.29, 0.717) is 23.5 Å². The number of hydrogen-bond acceptors (Lipinski definition) is 9. The maximum atomic E-state index is 13.7. The van der Waals surface area contributed by atoms with E-state index in [2.05, 4.69) is 25.4 Å². The first-order valence-electron chi connectivity index (χ1n) is 11.4. The number of benzene rings is 2. The molecule has 12 heteroatoms. The van der Waals surface area contributed by atoms with Gasteiger partial charge in [-0.15, -0.1) is 16.4 Å². The molecule has 0 unspecified atom stereocenters. The Morgan fingerprint density at radius 1 is 1.22 bits per heavy atom. The third-order valence-corrected chi connectivity index (χ3v) is 7.24. The average molecular weight is 508 g/mol. The molecule has 5 aromatic rings. The summed E-state index contributed by atoms with van der Waals surface area (Å²) in [6.07, 6.45) is 0.924. The van der Waals surface area contributed by atoms with Gasteiger partial charge in [-0.25, -0.2) is 23.7 Å². The standard InChI is InChI=1S/C24H22FN7O3S/c1-13-28-17-6-5-16(8-22(17)36-13)32-24(26-12-27-32)20-9-19(23(34)21(11-33)35-20)31-10-18(29-30-31)14-3-2-4-15(25)7-14/h2-8,10,12,19-21,23,33-34H,9,11H2,1H3/t19-,20-,21-,23-/m1/s1. The van der Waals surface area contributed by atoms with Gasteiger partial charge in [-0.05, 0) is 37.3 Å². The number of aliphatic hydroxyl groups excluding tert-OH is 2. The molecule has 0 spiro atoms. The van der Waals surface area contributed by atoms with Crippen LogP contribution in [0.15, 0.2) is 55.0 Å². The molecule has 4 heterocycles. The molecule has 1 aliphatic rings. The minimum absolute atomic E-state index is 0.310. The summed E-state index contributed by atoms with van der Waals surface area (Å²) in [5.41, 5.74) is 2.77. The molecule has 2 N–H and O–H groups in total. The van der Waals surface area contributed by atoms with Crippen molar-refractivity contribution >= 4 is 21.6 Å². The van der Waals surface area contributed by atoms with Crippen LogP contribution < -0.4 is 0 Å². The molecule has 0 bridgehead atoms. The van der Waals surface area contributed by atoms with E-state index in [9.17, 15) is 14.6 Å². The van der Waals surface area contributed by atoms with Crippen LogP contribution >= 0.6 is 11.3 Å². The van der Waals surface area contributed by atoms with Crippen molar-refractivity contribution in [3.05, 3.63) is 71.6 Å². The zero-order valence-corrected chi connectivity index (χ0v) is 20.0. The van der Waals surface area contributed by atoms with Crippen LogP contribution in [0.2, 0.25) is 0 Å². The van der Waals surface area contributed by atoms with E-state index in [-0.39, 0.29) is 12.4 Å². The van der Waals surface area contributed by atoms with Crippen molar-refractivity contribution in [2.45, 2.75) is 37.7 Å². The highest BCUT2D eigenvalue weighted by Crippen LogP contribution is 2.38. The first-order valence-corrected chi connectivity index (χ1v) is 12.2. The summed E-state index contributed by atoms with van der Waals surface area (Å²) in [4.78, 5) is 8.96. The van der Waals surface area contributed by atoms with Crippen molar-refractivity contribution in [3.63, 3.8) is 0 Å². The zero-order valence-electron chi connectivity index (χ0n) is 19.1. The molecule has 1 aliphatic heterocycles. The van der Waals surface area contributed by atoms with Gasteiger partial charge < -0.3 is 14.9 Å². The fourth-order valence-corrected chi connectivity index (χ4v) is 5.44. The third-order valence-electron chi connectivity index (χ3n) is 6.31. The first-order chi connectivity index (χ1) is 17.5. The van der Waals surface area contributed by atoms with Gasteiger partial charge in [0.05, 0.1) is 39.8 Å². The van der Waals surface area contributed by atoms with E-state index < -0.39 is 24.4 Å². The van der Waals surface area contributed by atoms with Gasteiger partial charge in [-0.1, -0.05) is 17.3 Å². The molecule has 10 nitrogen and oxygen atoms in total. The number of aromatic nitrogens is 7. The van der Waals surface area contributed by atoms with E-state index in [1.54, 1.807) is 34.3 Å². The van der Waals surface area contributed by atoms with E-state index in [1.807, 2.05) is 25.1 Å². The van der Waals surface area contributed by atoms with Crippen LogP contribution in [0.4, 0.5) is 4.39 Å². The maximum absolute atomic E-state index is 13.7. The summed E-state index contributed by atoms with van der Waals surface area (Å²) >= 11 is 1.60. The van der Waals surface area contributed by atoms with Gasteiger partial charge in [-0.3, -0.25) is 0 Å². The molecule has 1 saturated heterocycles. The van der Waals surface area contributed by atoms with E-state index in [4.69, 9.17) is 4.74 Å². The Bertz CT molecular complexity index is 1530. The van der Waals surface area contributed by atoms with Crippen LogP contribution in [0.3, 0.4) is 0 Å². The molecule has 1 fully saturated rings. The third kappa shape index (κ3) is 4.07. The number of ether oxygens (including phenoxy) is 1. The number of hydrogen-bond donors (Lipinski definition) is 2. The Balaban J connectivity index is 1.33. The second kappa shape index (κ2) is 9.13. The SMILES string of the molecule is Cc1nc2ccc(-n3ncnc3[C@H]3C[C@@H](n4cc(-c5cccc(F)c5)nn4)[C@@H](O)[C@@H](CO)O3)cc2s1. The molecule has 0 radical (unpaired) electrons. The lowest BCUT2D eigenvalue weighted by atomic mass is 9.95. The van der Waals surface area contributed by atoms with Crippen LogP contribution in [-0.2, 0) is 4.74 Å². The Morgan fingerprint density at radius 2 is 2.11 bits per heavy atom. The minimum atomic E-state index is -1.04. The number of aryl methyl sites for hydroxylation is 1. The van der Waals surface area contributed by atoms with E-state index in [1.165, 1.54) is 23.1 Å². The molecular weight excluding hydrogens is 485 g/mol. The molecule has 0 amide bonds. The Kier molecular flexibility index (Phi) is 5.80. The molecule has 3 aromatic heterocycles. The lowest BCUT2D eigenvalue weighted by Crippen LogP contribution is -2.45. The maximum Gasteiger partial charge on any atom is 0.161 e. The molecule has 2 aromatic carbocycles. The van der Waals surface area contributed by atoms with Gasteiger partial charge >= 0.3 is 0 Å². The molecular formula is C24H22FN7O3S. The summed E-state index contributed by atoms with van der Waals surface area (Å²) in [6.45, 7) is 1.57. The number of nitrogens with zero attached hydrogens (tertiary/aromatic N) is 7. The first kappa shape index (κ1) is 22.9. The second-order valence-electron chi connectivity index (χ2n) is 8.65. The molecule has 0 aliphatic carbocycles. The number of rotatable bonds is 5. The second-order valence-corrected chi connectivity index (χ2v) is 9.88. The van der Waals surface area contributed by atoms with Gasteiger partial charge in [0.1, 0.15) is 36.2 Å². The highest BCUT2D eigenvalue weighted by molar-refractivity contribution is 7.18. The van der Waals surface area contributed by atoms with Crippen LogP contribution in [0.5, 0.6) is 0 Å². The number of aliphatic hydroxyl groups is 2. The molecule has 4 atom stereocenters. The monoisotopic (exact) mass is 507 g/mol. The number of halogens is 1. The van der Waals surface area contributed by atoms with Gasteiger partial charge in [0.2, 0.25) is 0 Å². The fourth-order valence-electron chi connectivity index (χ4n) is 4.58. The summed E-state index contributed by atoms with van der Waals surface area (Å²) in [5.74, 6) is 0.163. The predicted octanol–water partition coefficient (Wildman–Crippen LogP) is 3.01. The van der Waals surface area contributed by atoms with Crippen LogP contribution in [-0.4, -0.2) is 63.8 Å². The molecule has 0 saturated carbocycles. The lowest BCUT2D eigenvalue weighted by Gasteiger charge is -2.38. The highest BCUT2D eigenvalue weighted by atomic mass is 32.1. The number of fused-ring (bicyclic) bond motifs is 1. The minimum Gasteiger partial charge on any atom is -0.394 e. The van der Waals surface area contributed by atoms with Crippen LogP contribution in [0, 0.1) is 12.7 Å². The van der Waals surface area contributed by atoms with Gasteiger partial charge in [0, 0.05) is 12.0 Å². The Labute approximate surface area is 208 Å². The van der Waals surface area contributed by atoms with Crippen molar-refractivity contribution in [1.82, 2.24) is 34.7 Å². The number of thiazole rings is 1. The zero-order chi connectivity index (χ0) is 24.8. The van der Waals surface area contributed by atoms with Crippen molar-refractivity contribution in [2.24, 2.45) is 0 Å². The molecule has 6 rings (SSSR count). The molecule has 36 heavy (non-hydrogen) atoms. The van der Waals surface area contributed by atoms with Gasteiger partial charge in [-0.2, -0.15) is 5.10 Å². The summed E-state index contributed by atoms with van der Waals surface area (Å²) in [6, 6.07) is 11.4. The van der Waals surface area contributed by atoms with Crippen molar-refractivity contribution in [3.8, 4) is 16.9 Å². The highest BCUT2D eigenvalue weighted by Gasteiger charge is 2.41. The van der Waals surface area contributed by atoms with E-state index in [0.717, 1.165) is 20.9 Å². The smallest absolute Gasteiger partial charge is 0.161 e. The Hall–Kier alpha value is -3.58. The Morgan fingerprint density at radius 3 is 2.94 bits per heavy atom. The fraction of sp³-hybridized carbons (Fsp3) is 0.292. The predicted molar refractivity (Wildman–Crippen MR) is 129 cm³/mol. The summed E-state index contributed by atoms with van der Waals surface area (Å²) in [7, 11) is 0. The van der Waals surface area contributed by atoms with E-state index >= 15 is 0 Å². The molecule has 184 valence electrons. The van der Waals surface area contributed by atoms with Crippen LogP contribution in [0.1, 0.15) is 29.4 Å². The van der Waals surface area contributed by atoms with Crippen molar-refractivity contribution < 1.29 is 19.3 Å². The van der Waals surface area contributed by atoms with Gasteiger partial charge in [0.15, 0.2) is 5.82 Å². The lowest BCUT2D eigenvalue weighted by molar-refractivity contribution is -0.161. The van der Waals surface area contributed by atoms with Gasteiger partial charge in [0.25, 0.3) is 0 Å². The van der Waals surface area contributed by atoms with Crippen LogP contribution in [0.25, 0.3) is 27.2 Å². The summed E-state index contributed by atoms with van der Waals surface area (Å²) in [5, 5.41) is 34.6. The topological polar surface area (TPSA) is 124 Å². The quantitative estimate of drug-likeness (QED) is 0.372. The largest absolute Gasteiger partial charge is 0.394 e. The summed E-state index contributed by atoms with van der Waals surface area (Å²) < 4.78 is 24.0. The normalized spacial score (nSPS) is 22.3. The van der Waals surface area contributed by atoms with Crippen molar-refractivity contribution in [1.29, 1.82) is 0 Å².